The van der Waals surface area contributed by atoms with Gasteiger partial charge in [0.2, 0.25) is 5.88 Å². The lowest BCUT2D eigenvalue weighted by molar-refractivity contribution is 0.395. The number of methoxy groups -OCH3 is 1. The van der Waals surface area contributed by atoms with Gasteiger partial charge in [-0.2, -0.15) is 4.98 Å². The summed E-state index contributed by atoms with van der Waals surface area (Å²) in [5, 5.41) is 3.29. The predicted octanol–water partition coefficient (Wildman–Crippen LogP) is -0.105. The van der Waals surface area contributed by atoms with Gasteiger partial charge in [-0.15, -0.1) is 0 Å². The second-order valence-corrected chi connectivity index (χ2v) is 3.16. The largest absolute Gasteiger partial charge is 0.480 e. The highest BCUT2D eigenvalue weighted by Crippen LogP contribution is 2.13. The Labute approximate surface area is 83.1 Å². The molecule has 0 bridgehead atoms. The highest BCUT2D eigenvalue weighted by atomic mass is 16.5. The van der Waals surface area contributed by atoms with Crippen LogP contribution in [0.5, 0.6) is 5.88 Å². The third-order valence-corrected chi connectivity index (χ3v) is 2.25. The molecular formula is C9H14N4O. The summed E-state index contributed by atoms with van der Waals surface area (Å²) in [6.07, 6.45) is 3.39. The Morgan fingerprint density at radius 2 is 2.14 bits per heavy atom. The van der Waals surface area contributed by atoms with Crippen LogP contribution in [-0.4, -0.2) is 43.3 Å². The summed E-state index contributed by atoms with van der Waals surface area (Å²) in [6.45, 7) is 3.95. The normalized spacial score (nSPS) is 16.8. The van der Waals surface area contributed by atoms with Crippen molar-refractivity contribution in [1.29, 1.82) is 0 Å². The van der Waals surface area contributed by atoms with Crippen LogP contribution in [0, 0.1) is 0 Å². The summed E-state index contributed by atoms with van der Waals surface area (Å²) < 4.78 is 5.03. The van der Waals surface area contributed by atoms with Gasteiger partial charge in [-0.05, 0) is 0 Å². The minimum absolute atomic E-state index is 0.570. The Hall–Kier alpha value is -1.36. The van der Waals surface area contributed by atoms with Crippen molar-refractivity contribution in [3.05, 3.63) is 12.4 Å². The molecule has 0 saturated carbocycles. The summed E-state index contributed by atoms with van der Waals surface area (Å²) >= 11 is 0. The standard InChI is InChI=1S/C9H14N4O/c1-14-9-7-11-6-8(12-9)13-4-2-10-3-5-13/h6-7,10H,2-5H2,1H3. The maximum Gasteiger partial charge on any atom is 0.233 e. The zero-order valence-corrected chi connectivity index (χ0v) is 8.23. The monoisotopic (exact) mass is 194 g/mol. The molecule has 1 aromatic rings. The van der Waals surface area contributed by atoms with Gasteiger partial charge in [0.25, 0.3) is 0 Å². The van der Waals surface area contributed by atoms with E-state index in [9.17, 15) is 0 Å². The molecule has 0 aliphatic carbocycles. The number of piperazine rings is 1. The van der Waals surface area contributed by atoms with Gasteiger partial charge in [-0.1, -0.05) is 0 Å². The molecule has 5 nitrogen and oxygen atoms in total. The van der Waals surface area contributed by atoms with Crippen molar-refractivity contribution >= 4 is 5.82 Å². The molecule has 2 rings (SSSR count). The van der Waals surface area contributed by atoms with Crippen LogP contribution in [0.15, 0.2) is 12.4 Å². The summed E-state index contributed by atoms with van der Waals surface area (Å²) in [7, 11) is 1.60. The van der Waals surface area contributed by atoms with E-state index in [1.165, 1.54) is 0 Å². The van der Waals surface area contributed by atoms with Crippen LogP contribution in [0.2, 0.25) is 0 Å². The zero-order chi connectivity index (χ0) is 9.80. The Balaban J connectivity index is 2.13. The van der Waals surface area contributed by atoms with E-state index in [2.05, 4.69) is 20.2 Å². The van der Waals surface area contributed by atoms with E-state index in [1.54, 1.807) is 19.5 Å². The van der Waals surface area contributed by atoms with Crippen LogP contribution in [0.1, 0.15) is 0 Å². The first kappa shape index (κ1) is 9.21. The zero-order valence-electron chi connectivity index (χ0n) is 8.23. The molecule has 0 radical (unpaired) electrons. The Bertz CT molecular complexity index is 299. The smallest absolute Gasteiger partial charge is 0.233 e. The van der Waals surface area contributed by atoms with Gasteiger partial charge in [-0.25, -0.2) is 0 Å². The van der Waals surface area contributed by atoms with Crippen LogP contribution in [0.25, 0.3) is 0 Å². The molecule has 2 heterocycles. The first-order valence-electron chi connectivity index (χ1n) is 4.72. The number of hydrogen-bond acceptors (Lipinski definition) is 5. The number of nitrogens with one attached hydrogen (secondary N) is 1. The van der Waals surface area contributed by atoms with Crippen LogP contribution in [0.3, 0.4) is 0 Å². The molecule has 14 heavy (non-hydrogen) atoms. The van der Waals surface area contributed by atoms with Crippen molar-refractivity contribution < 1.29 is 4.74 Å². The maximum absolute atomic E-state index is 5.03. The number of ether oxygens (including phenoxy) is 1. The molecule has 0 spiro atoms. The van der Waals surface area contributed by atoms with Gasteiger partial charge in [0.15, 0.2) is 5.82 Å². The Morgan fingerprint density at radius 3 is 2.86 bits per heavy atom. The molecular weight excluding hydrogens is 180 g/mol. The van der Waals surface area contributed by atoms with E-state index < -0.39 is 0 Å². The third-order valence-electron chi connectivity index (χ3n) is 2.25. The van der Waals surface area contributed by atoms with Gasteiger partial charge in [0, 0.05) is 26.2 Å². The summed E-state index contributed by atoms with van der Waals surface area (Å²) in [5.74, 6) is 1.46. The molecule has 0 amide bonds. The lowest BCUT2D eigenvalue weighted by atomic mass is 10.3. The molecule has 1 fully saturated rings. The Kier molecular flexibility index (Phi) is 2.78. The SMILES string of the molecule is COc1cncc(N2CCNCC2)n1. The molecule has 1 saturated heterocycles. The lowest BCUT2D eigenvalue weighted by Crippen LogP contribution is -2.43. The van der Waals surface area contributed by atoms with Crippen LogP contribution < -0.4 is 15.0 Å². The first-order chi connectivity index (χ1) is 6.90. The number of nitrogens with zero attached hydrogens (tertiary/aromatic N) is 3. The molecule has 0 unspecified atom stereocenters. The molecule has 0 aromatic carbocycles. The molecule has 1 aliphatic heterocycles. The average molecular weight is 194 g/mol. The molecule has 0 atom stereocenters. The van der Waals surface area contributed by atoms with Crippen molar-refractivity contribution in [2.75, 3.05) is 38.2 Å². The van der Waals surface area contributed by atoms with Gasteiger partial charge < -0.3 is 15.0 Å². The second kappa shape index (κ2) is 4.23. The fourth-order valence-electron chi connectivity index (χ4n) is 1.48. The van der Waals surface area contributed by atoms with Gasteiger partial charge in [0.05, 0.1) is 19.5 Å². The first-order valence-corrected chi connectivity index (χ1v) is 4.72. The number of hydrogen-bond donors (Lipinski definition) is 1. The fraction of sp³-hybridized carbons (Fsp3) is 0.556. The van der Waals surface area contributed by atoms with E-state index >= 15 is 0 Å². The summed E-state index contributed by atoms with van der Waals surface area (Å²) in [4.78, 5) is 10.6. The quantitative estimate of drug-likeness (QED) is 0.712. The van der Waals surface area contributed by atoms with Crippen molar-refractivity contribution in [2.45, 2.75) is 0 Å². The highest BCUT2D eigenvalue weighted by molar-refractivity contribution is 5.38. The number of aromatic nitrogens is 2. The molecule has 1 aromatic heterocycles. The second-order valence-electron chi connectivity index (χ2n) is 3.16. The fourth-order valence-corrected chi connectivity index (χ4v) is 1.48. The summed E-state index contributed by atoms with van der Waals surface area (Å²) in [6, 6.07) is 0. The minimum atomic E-state index is 0.570. The van der Waals surface area contributed by atoms with E-state index in [1.807, 2.05) is 0 Å². The topological polar surface area (TPSA) is 50.3 Å². The summed E-state index contributed by atoms with van der Waals surface area (Å²) in [5.41, 5.74) is 0. The molecule has 5 heteroatoms. The molecule has 76 valence electrons. The number of rotatable bonds is 2. The third kappa shape index (κ3) is 1.93. The Morgan fingerprint density at radius 1 is 1.36 bits per heavy atom. The minimum Gasteiger partial charge on any atom is -0.480 e. The predicted molar refractivity (Wildman–Crippen MR) is 53.7 cm³/mol. The van der Waals surface area contributed by atoms with Gasteiger partial charge >= 0.3 is 0 Å². The van der Waals surface area contributed by atoms with Gasteiger partial charge in [-0.3, -0.25) is 4.98 Å². The van der Waals surface area contributed by atoms with E-state index in [0.29, 0.717) is 5.88 Å². The van der Waals surface area contributed by atoms with E-state index in [0.717, 1.165) is 32.0 Å². The van der Waals surface area contributed by atoms with Crippen LogP contribution in [0.4, 0.5) is 5.82 Å². The highest BCUT2D eigenvalue weighted by Gasteiger charge is 2.12. The van der Waals surface area contributed by atoms with Crippen molar-refractivity contribution in [3.63, 3.8) is 0 Å². The van der Waals surface area contributed by atoms with E-state index in [-0.39, 0.29) is 0 Å². The van der Waals surface area contributed by atoms with Crippen LogP contribution in [-0.2, 0) is 0 Å². The van der Waals surface area contributed by atoms with E-state index in [4.69, 9.17) is 4.74 Å². The van der Waals surface area contributed by atoms with Crippen molar-refractivity contribution in [1.82, 2.24) is 15.3 Å². The average Bonchev–Trinajstić information content (AvgIpc) is 2.30. The van der Waals surface area contributed by atoms with Crippen molar-refractivity contribution in [3.8, 4) is 5.88 Å². The lowest BCUT2D eigenvalue weighted by Gasteiger charge is -2.28. The molecule has 1 N–H and O–H groups in total. The van der Waals surface area contributed by atoms with Crippen LogP contribution >= 0.6 is 0 Å². The molecule has 1 aliphatic rings. The number of anilines is 1. The van der Waals surface area contributed by atoms with Gasteiger partial charge in [0.1, 0.15) is 0 Å². The van der Waals surface area contributed by atoms with Crippen molar-refractivity contribution in [2.24, 2.45) is 0 Å². The maximum atomic E-state index is 5.03.